The van der Waals surface area contributed by atoms with Gasteiger partial charge in [0.2, 0.25) is 5.82 Å². The Morgan fingerprint density at radius 1 is 1.22 bits per heavy atom. The average Bonchev–Trinajstić information content (AvgIpc) is 3.37. The molecule has 2 amide bonds. The third-order valence-electron chi connectivity index (χ3n) is 4.62. The second-order valence-corrected chi connectivity index (χ2v) is 7.02. The molecule has 0 bridgehead atoms. The van der Waals surface area contributed by atoms with Gasteiger partial charge in [-0.2, -0.15) is 0 Å². The Balaban J connectivity index is 1.46. The molecule has 172 valence electrons. The summed E-state index contributed by atoms with van der Waals surface area (Å²) in [6, 6.07) is 7.97. The van der Waals surface area contributed by atoms with Crippen molar-refractivity contribution in [1.29, 1.82) is 0 Å². The summed E-state index contributed by atoms with van der Waals surface area (Å²) in [5.74, 6) is -1.96. The number of ether oxygens (including phenoxy) is 3. The fourth-order valence-corrected chi connectivity index (χ4v) is 2.89. The third kappa shape index (κ3) is 5.57. The lowest BCUT2D eigenvalue weighted by molar-refractivity contribution is -0.152. The number of rotatable bonds is 8. The van der Waals surface area contributed by atoms with Crippen LogP contribution in [0.5, 0.6) is 0 Å². The van der Waals surface area contributed by atoms with Gasteiger partial charge in [0, 0.05) is 0 Å². The molecule has 0 aliphatic carbocycles. The summed E-state index contributed by atoms with van der Waals surface area (Å²) in [5, 5.41) is 26.5. The summed E-state index contributed by atoms with van der Waals surface area (Å²) in [6.45, 7) is 1.03. The normalized spacial score (nSPS) is 23.3. The van der Waals surface area contributed by atoms with Gasteiger partial charge in [-0.15, -0.1) is 5.10 Å². The van der Waals surface area contributed by atoms with Crippen molar-refractivity contribution in [3.63, 3.8) is 0 Å². The molecular formula is C19H23N5O8. The number of nitrogens with two attached hydrogens (primary N) is 1. The van der Waals surface area contributed by atoms with Crippen LogP contribution in [0, 0.1) is 0 Å². The highest BCUT2D eigenvalue weighted by Gasteiger charge is 2.45. The van der Waals surface area contributed by atoms with Gasteiger partial charge in [-0.25, -0.2) is 19.3 Å². The molecule has 2 heterocycles. The summed E-state index contributed by atoms with van der Waals surface area (Å²) < 4.78 is 16.6. The van der Waals surface area contributed by atoms with Crippen molar-refractivity contribution in [2.75, 3.05) is 6.61 Å². The zero-order valence-electron chi connectivity index (χ0n) is 17.0. The number of alkyl carbamates (subject to hydrolysis) is 1. The lowest BCUT2D eigenvalue weighted by atomic mass is 10.1. The number of carbonyl (C=O) groups is 3. The van der Waals surface area contributed by atoms with E-state index in [9.17, 15) is 24.6 Å². The zero-order valence-corrected chi connectivity index (χ0v) is 17.0. The lowest BCUT2D eigenvalue weighted by Gasteiger charge is -2.17. The van der Waals surface area contributed by atoms with Crippen LogP contribution in [0.2, 0.25) is 0 Å². The zero-order chi connectivity index (χ0) is 23.3. The highest BCUT2D eigenvalue weighted by atomic mass is 16.6. The molecular weight excluding hydrogens is 426 g/mol. The van der Waals surface area contributed by atoms with Gasteiger partial charge in [-0.05, 0) is 12.5 Å². The maximum absolute atomic E-state index is 12.2. The number of nitrogens with zero attached hydrogens (tertiary/aromatic N) is 3. The maximum atomic E-state index is 12.2. The van der Waals surface area contributed by atoms with E-state index >= 15 is 0 Å². The smallest absolute Gasteiger partial charge is 0.408 e. The Morgan fingerprint density at radius 2 is 1.94 bits per heavy atom. The minimum absolute atomic E-state index is 0.0373. The van der Waals surface area contributed by atoms with Crippen molar-refractivity contribution in [3.05, 3.63) is 48.0 Å². The van der Waals surface area contributed by atoms with Crippen molar-refractivity contribution in [2.24, 2.45) is 5.73 Å². The summed E-state index contributed by atoms with van der Waals surface area (Å²) in [4.78, 5) is 38.8. The second kappa shape index (κ2) is 10.2. The van der Waals surface area contributed by atoms with Gasteiger partial charge in [-0.1, -0.05) is 30.3 Å². The van der Waals surface area contributed by atoms with Gasteiger partial charge < -0.3 is 35.5 Å². The molecule has 3 unspecified atom stereocenters. The van der Waals surface area contributed by atoms with E-state index in [1.807, 2.05) is 6.07 Å². The van der Waals surface area contributed by atoms with E-state index in [2.05, 4.69) is 15.4 Å². The van der Waals surface area contributed by atoms with Crippen LogP contribution >= 0.6 is 0 Å². The number of benzene rings is 1. The summed E-state index contributed by atoms with van der Waals surface area (Å²) in [5.41, 5.74) is 5.87. The van der Waals surface area contributed by atoms with Crippen LogP contribution in [0.1, 0.15) is 29.3 Å². The van der Waals surface area contributed by atoms with Crippen molar-refractivity contribution < 1.29 is 38.8 Å². The molecule has 3 rings (SSSR count). The Morgan fingerprint density at radius 3 is 2.59 bits per heavy atom. The Kier molecular flexibility index (Phi) is 7.35. The van der Waals surface area contributed by atoms with Crippen LogP contribution in [-0.2, 0) is 25.6 Å². The number of hydrogen-bond acceptors (Lipinski definition) is 10. The van der Waals surface area contributed by atoms with Crippen LogP contribution in [0.4, 0.5) is 4.79 Å². The van der Waals surface area contributed by atoms with Gasteiger partial charge in [0.1, 0.15) is 43.9 Å². The van der Waals surface area contributed by atoms with E-state index in [0.717, 1.165) is 16.6 Å². The Bertz CT molecular complexity index is 952. The van der Waals surface area contributed by atoms with Crippen molar-refractivity contribution >= 4 is 18.0 Å². The molecule has 13 nitrogen and oxygen atoms in total. The van der Waals surface area contributed by atoms with Gasteiger partial charge in [-0.3, -0.25) is 4.79 Å². The van der Waals surface area contributed by atoms with Gasteiger partial charge in [0.15, 0.2) is 6.23 Å². The van der Waals surface area contributed by atoms with Crippen LogP contribution < -0.4 is 11.1 Å². The number of esters is 1. The quantitative estimate of drug-likeness (QED) is 0.358. The van der Waals surface area contributed by atoms with Crippen molar-refractivity contribution in [2.45, 2.75) is 44.1 Å². The topological polar surface area (TPSA) is 188 Å². The largest absolute Gasteiger partial charge is 0.461 e. The van der Waals surface area contributed by atoms with Crippen LogP contribution in [0.3, 0.4) is 0 Å². The minimum atomic E-state index is -1.43. The van der Waals surface area contributed by atoms with E-state index in [0.29, 0.717) is 0 Å². The molecule has 1 fully saturated rings. The van der Waals surface area contributed by atoms with E-state index in [1.165, 1.54) is 6.92 Å². The van der Waals surface area contributed by atoms with Gasteiger partial charge in [0.25, 0.3) is 5.91 Å². The summed E-state index contributed by atoms with van der Waals surface area (Å²) >= 11 is 0. The first kappa shape index (κ1) is 23.1. The Hall–Kier alpha value is -3.55. The molecule has 1 aromatic heterocycles. The van der Waals surface area contributed by atoms with Gasteiger partial charge >= 0.3 is 12.1 Å². The highest BCUT2D eigenvalue weighted by molar-refractivity contribution is 5.88. The number of aromatic nitrogens is 3. The SMILES string of the molecule is C[C@H](NC(=O)OCc1ccccc1)C(=O)OCC1OC(n2cnc(C(N)=O)n2)[C@H](O)C1O. The first-order chi connectivity index (χ1) is 15.3. The molecule has 0 spiro atoms. The average molecular weight is 449 g/mol. The molecule has 0 saturated carbocycles. The predicted octanol–water partition coefficient (Wildman–Crippen LogP) is -1.15. The lowest BCUT2D eigenvalue weighted by Crippen LogP contribution is -2.41. The fourth-order valence-electron chi connectivity index (χ4n) is 2.89. The standard InChI is InChI=1S/C19H23N5O8/c1-10(22-19(29)31-7-11-5-3-2-4-6-11)18(28)30-8-12-13(25)14(26)17(32-12)24-9-21-16(23-24)15(20)27/h2-6,9-10,12-14,17,25-26H,7-8H2,1H3,(H2,20,27)(H,22,29)/t10-,12?,13?,14+,17?/m0/s1. The van der Waals surface area contributed by atoms with Crippen molar-refractivity contribution in [3.8, 4) is 0 Å². The van der Waals surface area contributed by atoms with Crippen molar-refractivity contribution in [1.82, 2.24) is 20.1 Å². The molecule has 0 radical (unpaired) electrons. The van der Waals surface area contributed by atoms with Crippen LogP contribution in [0.15, 0.2) is 36.7 Å². The number of amides is 2. The first-order valence-electron chi connectivity index (χ1n) is 9.62. The first-order valence-corrected chi connectivity index (χ1v) is 9.62. The Labute approximate surface area is 182 Å². The van der Waals surface area contributed by atoms with E-state index in [1.54, 1.807) is 24.3 Å². The number of hydrogen-bond donors (Lipinski definition) is 4. The molecule has 1 aliphatic rings. The van der Waals surface area contributed by atoms with E-state index in [-0.39, 0.29) is 12.4 Å². The molecule has 1 aliphatic heterocycles. The van der Waals surface area contributed by atoms with Crippen LogP contribution in [0.25, 0.3) is 0 Å². The second-order valence-electron chi connectivity index (χ2n) is 7.02. The van der Waals surface area contributed by atoms with E-state index < -0.39 is 55.2 Å². The molecule has 1 aromatic carbocycles. The third-order valence-corrected chi connectivity index (χ3v) is 4.62. The van der Waals surface area contributed by atoms with Crippen LogP contribution in [-0.4, -0.2) is 73.9 Å². The minimum Gasteiger partial charge on any atom is -0.461 e. The molecule has 5 atom stereocenters. The molecule has 13 heteroatoms. The molecule has 5 N–H and O–H groups in total. The number of primary amides is 1. The summed E-state index contributed by atoms with van der Waals surface area (Å²) in [7, 11) is 0. The molecule has 1 saturated heterocycles. The van der Waals surface area contributed by atoms with Gasteiger partial charge in [0.05, 0.1) is 0 Å². The molecule has 2 aromatic rings. The number of aliphatic hydroxyl groups is 2. The molecule has 32 heavy (non-hydrogen) atoms. The van der Waals surface area contributed by atoms with E-state index in [4.69, 9.17) is 19.9 Å². The monoisotopic (exact) mass is 449 g/mol. The number of nitrogens with one attached hydrogen (secondary N) is 1. The number of aliphatic hydroxyl groups excluding tert-OH is 2. The maximum Gasteiger partial charge on any atom is 0.408 e. The highest BCUT2D eigenvalue weighted by Crippen LogP contribution is 2.29. The predicted molar refractivity (Wildman–Crippen MR) is 105 cm³/mol. The number of carbonyl (C=O) groups excluding carboxylic acids is 3. The summed E-state index contributed by atoms with van der Waals surface area (Å²) in [6.07, 6.45) is -4.78. The fraction of sp³-hybridized carbons (Fsp3) is 0.421.